The molecule has 0 aromatic heterocycles. The molecule has 0 N–H and O–H groups in total. The van der Waals surface area contributed by atoms with Gasteiger partial charge in [-0.2, -0.15) is 4.99 Å². The van der Waals surface area contributed by atoms with Gasteiger partial charge in [-0.25, -0.2) is 5.01 Å². The first kappa shape index (κ1) is 17.4. The quantitative estimate of drug-likeness (QED) is 0.190. The Morgan fingerprint density at radius 1 is 1.36 bits per heavy atom. The van der Waals surface area contributed by atoms with Crippen LogP contribution in [0.3, 0.4) is 0 Å². The topological polar surface area (TPSA) is 114 Å². The number of nitrogens with zero attached hydrogens (tertiary/aromatic N) is 4. The molecule has 1 aromatic rings. The minimum Gasteiger partial charge on any atom is -0.380 e. The molecule has 9 heteroatoms. The van der Waals surface area contributed by atoms with E-state index in [2.05, 4.69) is 10.3 Å². The fraction of sp³-hybridized carbons (Fsp3) is 0.385. The number of amidine groups is 1. The third-order valence-electron chi connectivity index (χ3n) is 2.71. The van der Waals surface area contributed by atoms with E-state index in [0.717, 1.165) is 5.01 Å². The standard InChI is InChI=1S/C13H16N4O5/c1-3-22-9-8-16(15-19)10(2)14-13(18)11-4-6-12(7-5-11)17(20)21/h4-7H,3,8-9H2,1-2H3. The number of hydrogen-bond donors (Lipinski definition) is 0. The van der Waals surface area contributed by atoms with Crippen LogP contribution in [0, 0.1) is 15.0 Å². The summed E-state index contributed by atoms with van der Waals surface area (Å²) >= 11 is 0. The fourth-order valence-electron chi connectivity index (χ4n) is 1.55. The maximum Gasteiger partial charge on any atom is 0.278 e. The van der Waals surface area contributed by atoms with Crippen molar-refractivity contribution in [1.29, 1.82) is 0 Å². The second-order valence-corrected chi connectivity index (χ2v) is 4.17. The number of carbonyl (C=O) groups excluding carboxylic acids is 1. The van der Waals surface area contributed by atoms with E-state index in [1.807, 2.05) is 6.92 Å². The van der Waals surface area contributed by atoms with Crippen LogP contribution in [0.5, 0.6) is 0 Å². The zero-order valence-corrected chi connectivity index (χ0v) is 12.3. The Bertz CT molecular complexity index is 570. The monoisotopic (exact) mass is 308 g/mol. The molecule has 0 heterocycles. The predicted molar refractivity (Wildman–Crippen MR) is 79.5 cm³/mol. The third kappa shape index (κ3) is 5.02. The van der Waals surface area contributed by atoms with Crippen LogP contribution in [0.4, 0.5) is 5.69 Å². The van der Waals surface area contributed by atoms with E-state index >= 15 is 0 Å². The first-order chi connectivity index (χ1) is 10.5. The molecular formula is C13H16N4O5. The fourth-order valence-corrected chi connectivity index (χ4v) is 1.55. The molecule has 0 aliphatic carbocycles. The highest BCUT2D eigenvalue weighted by atomic mass is 16.6. The second kappa shape index (κ2) is 8.57. The van der Waals surface area contributed by atoms with Crippen molar-refractivity contribution in [2.45, 2.75) is 13.8 Å². The Kier molecular flexibility index (Phi) is 6.77. The Hall–Kier alpha value is -2.68. The third-order valence-corrected chi connectivity index (χ3v) is 2.71. The van der Waals surface area contributed by atoms with Crippen molar-refractivity contribution >= 4 is 17.4 Å². The highest BCUT2D eigenvalue weighted by Crippen LogP contribution is 2.12. The van der Waals surface area contributed by atoms with Gasteiger partial charge in [0.25, 0.3) is 11.6 Å². The Morgan fingerprint density at radius 3 is 2.50 bits per heavy atom. The van der Waals surface area contributed by atoms with E-state index in [9.17, 15) is 19.8 Å². The maximum absolute atomic E-state index is 11.9. The number of rotatable bonds is 7. The molecule has 0 radical (unpaired) electrons. The molecule has 22 heavy (non-hydrogen) atoms. The maximum atomic E-state index is 11.9. The summed E-state index contributed by atoms with van der Waals surface area (Å²) in [6.45, 7) is 4.25. The number of non-ortho nitro benzene ring substituents is 1. The smallest absolute Gasteiger partial charge is 0.278 e. The van der Waals surface area contributed by atoms with Crippen LogP contribution in [0.15, 0.2) is 34.5 Å². The second-order valence-electron chi connectivity index (χ2n) is 4.17. The number of benzene rings is 1. The Morgan fingerprint density at radius 2 is 2.00 bits per heavy atom. The zero-order chi connectivity index (χ0) is 16.5. The van der Waals surface area contributed by atoms with Crippen molar-refractivity contribution in [2.75, 3.05) is 19.8 Å². The highest BCUT2D eigenvalue weighted by molar-refractivity contribution is 6.02. The summed E-state index contributed by atoms with van der Waals surface area (Å²) in [5.74, 6) is -0.490. The zero-order valence-electron chi connectivity index (χ0n) is 12.3. The van der Waals surface area contributed by atoms with Gasteiger partial charge in [0.1, 0.15) is 5.84 Å². The molecular weight excluding hydrogens is 292 g/mol. The number of hydrogen-bond acceptors (Lipinski definition) is 6. The number of nitro benzene ring substituents is 1. The van der Waals surface area contributed by atoms with E-state index < -0.39 is 10.8 Å². The van der Waals surface area contributed by atoms with Crippen LogP contribution in [-0.2, 0) is 4.74 Å². The molecule has 0 saturated heterocycles. The average molecular weight is 308 g/mol. The molecule has 0 atom stereocenters. The molecule has 9 nitrogen and oxygen atoms in total. The molecule has 1 rings (SSSR count). The molecule has 0 aliphatic rings. The van der Waals surface area contributed by atoms with Gasteiger partial charge in [0.2, 0.25) is 0 Å². The number of nitroso groups, excluding NO2 is 1. The number of nitro groups is 1. The van der Waals surface area contributed by atoms with Gasteiger partial charge in [-0.1, -0.05) is 0 Å². The summed E-state index contributed by atoms with van der Waals surface area (Å²) in [5.41, 5.74) is 0.0609. The number of amides is 1. The van der Waals surface area contributed by atoms with Crippen LogP contribution < -0.4 is 0 Å². The van der Waals surface area contributed by atoms with Gasteiger partial charge < -0.3 is 4.74 Å². The summed E-state index contributed by atoms with van der Waals surface area (Å²) in [4.78, 5) is 36.4. The van der Waals surface area contributed by atoms with Crippen molar-refractivity contribution in [3.63, 3.8) is 0 Å². The summed E-state index contributed by atoms with van der Waals surface area (Å²) in [6.07, 6.45) is 0. The molecule has 0 bridgehead atoms. The largest absolute Gasteiger partial charge is 0.380 e. The molecule has 1 aromatic carbocycles. The highest BCUT2D eigenvalue weighted by Gasteiger charge is 2.12. The van der Waals surface area contributed by atoms with Gasteiger partial charge in [0.05, 0.1) is 23.4 Å². The van der Waals surface area contributed by atoms with Gasteiger partial charge in [0, 0.05) is 24.3 Å². The van der Waals surface area contributed by atoms with E-state index in [-0.39, 0.29) is 30.2 Å². The summed E-state index contributed by atoms with van der Waals surface area (Å²) in [5, 5.41) is 14.3. The van der Waals surface area contributed by atoms with Crippen molar-refractivity contribution in [3.8, 4) is 0 Å². The van der Waals surface area contributed by atoms with Gasteiger partial charge in [-0.3, -0.25) is 14.9 Å². The van der Waals surface area contributed by atoms with Gasteiger partial charge in [-0.05, 0) is 26.0 Å². The van der Waals surface area contributed by atoms with Gasteiger partial charge in [0.15, 0.2) is 0 Å². The minimum atomic E-state index is -0.613. The number of carbonyl (C=O) groups is 1. The van der Waals surface area contributed by atoms with E-state index in [1.165, 1.54) is 31.2 Å². The van der Waals surface area contributed by atoms with Crippen LogP contribution in [0.25, 0.3) is 0 Å². The molecule has 0 unspecified atom stereocenters. The molecule has 0 aliphatic heterocycles. The lowest BCUT2D eigenvalue weighted by Gasteiger charge is -2.13. The predicted octanol–water partition coefficient (Wildman–Crippen LogP) is 2.17. The normalized spacial score (nSPS) is 11.1. The van der Waals surface area contributed by atoms with E-state index in [4.69, 9.17) is 4.74 Å². The SMILES string of the molecule is CCOCCN(N=O)C(C)=NC(=O)c1ccc([N+](=O)[O-])cc1. The number of ether oxygens (including phenoxy) is 1. The van der Waals surface area contributed by atoms with Crippen molar-refractivity contribution in [1.82, 2.24) is 5.01 Å². The van der Waals surface area contributed by atoms with Crippen molar-refractivity contribution < 1.29 is 14.5 Å². The van der Waals surface area contributed by atoms with Crippen LogP contribution >= 0.6 is 0 Å². The summed E-state index contributed by atoms with van der Waals surface area (Å²) in [7, 11) is 0. The van der Waals surface area contributed by atoms with Gasteiger partial charge >= 0.3 is 0 Å². The average Bonchev–Trinajstić information content (AvgIpc) is 2.51. The van der Waals surface area contributed by atoms with Gasteiger partial charge in [-0.15, -0.1) is 4.91 Å². The Labute approximate surface area is 126 Å². The lowest BCUT2D eigenvalue weighted by molar-refractivity contribution is -0.384. The van der Waals surface area contributed by atoms with Crippen molar-refractivity contribution in [2.24, 2.45) is 10.3 Å². The minimum absolute atomic E-state index is 0.120. The summed E-state index contributed by atoms with van der Waals surface area (Å²) < 4.78 is 5.10. The van der Waals surface area contributed by atoms with Crippen molar-refractivity contribution in [3.05, 3.63) is 44.9 Å². The molecule has 1 amide bonds. The van der Waals surface area contributed by atoms with Crippen LogP contribution in [-0.4, -0.2) is 41.4 Å². The van der Waals surface area contributed by atoms with E-state index in [0.29, 0.717) is 6.61 Å². The molecule has 118 valence electrons. The molecule has 0 saturated carbocycles. The summed E-state index contributed by atoms with van der Waals surface area (Å²) in [6, 6.07) is 5.03. The first-order valence-electron chi connectivity index (χ1n) is 6.52. The molecule has 0 fully saturated rings. The van der Waals surface area contributed by atoms with E-state index in [1.54, 1.807) is 0 Å². The van der Waals surface area contributed by atoms with Crippen LogP contribution in [0.2, 0.25) is 0 Å². The lowest BCUT2D eigenvalue weighted by atomic mass is 10.2. The Balaban J connectivity index is 2.78. The van der Waals surface area contributed by atoms with Crippen LogP contribution in [0.1, 0.15) is 24.2 Å². The lowest BCUT2D eigenvalue weighted by Crippen LogP contribution is -2.27. The molecule has 0 spiro atoms. The number of aliphatic imine (C=N–C) groups is 1. The first-order valence-corrected chi connectivity index (χ1v) is 6.52.